The Morgan fingerprint density at radius 2 is 2.29 bits per heavy atom. The zero-order valence-corrected chi connectivity index (χ0v) is 10.3. The van der Waals surface area contributed by atoms with E-state index in [2.05, 4.69) is 41.2 Å². The molecule has 0 aliphatic carbocycles. The van der Waals surface area contributed by atoms with Crippen molar-refractivity contribution in [2.45, 2.75) is 19.3 Å². The predicted molar refractivity (Wildman–Crippen MR) is 70.0 cm³/mol. The van der Waals surface area contributed by atoms with E-state index in [0.717, 1.165) is 24.4 Å². The summed E-state index contributed by atoms with van der Waals surface area (Å²) >= 11 is 0. The van der Waals surface area contributed by atoms with Crippen LogP contribution in [0.15, 0.2) is 24.3 Å². The summed E-state index contributed by atoms with van der Waals surface area (Å²) in [6.07, 6.45) is 3.73. The summed E-state index contributed by atoms with van der Waals surface area (Å²) < 4.78 is 2.24. The molecule has 0 spiro atoms. The van der Waals surface area contributed by atoms with Gasteiger partial charge in [0, 0.05) is 13.5 Å². The molecule has 3 nitrogen and oxygen atoms in total. The maximum atomic E-state index is 4.74. The summed E-state index contributed by atoms with van der Waals surface area (Å²) in [6, 6.07) is 8.38. The number of hydrogen-bond donors (Lipinski definition) is 1. The average Bonchev–Trinajstić information content (AvgIpc) is 2.68. The van der Waals surface area contributed by atoms with Crippen LogP contribution in [0.25, 0.3) is 11.0 Å². The van der Waals surface area contributed by atoms with Crippen LogP contribution in [0.3, 0.4) is 0 Å². The Balaban J connectivity index is 1.87. The van der Waals surface area contributed by atoms with E-state index >= 15 is 0 Å². The molecule has 1 aliphatic heterocycles. The molecule has 1 aliphatic rings. The lowest BCUT2D eigenvalue weighted by molar-refractivity contribution is 0.368. The van der Waals surface area contributed by atoms with Crippen molar-refractivity contribution in [1.82, 2.24) is 14.9 Å². The number of rotatable bonds is 2. The smallest absolute Gasteiger partial charge is 0.109 e. The second-order valence-electron chi connectivity index (χ2n) is 4.99. The molecule has 1 atom stereocenters. The van der Waals surface area contributed by atoms with E-state index < -0.39 is 0 Å². The van der Waals surface area contributed by atoms with Gasteiger partial charge in [-0.05, 0) is 44.0 Å². The van der Waals surface area contributed by atoms with Gasteiger partial charge in [-0.2, -0.15) is 0 Å². The lowest BCUT2D eigenvalue weighted by Gasteiger charge is -2.22. The summed E-state index contributed by atoms with van der Waals surface area (Å²) in [6.45, 7) is 2.32. The minimum Gasteiger partial charge on any atom is -0.331 e. The molecule has 0 bridgehead atoms. The van der Waals surface area contributed by atoms with Crippen LogP contribution < -0.4 is 5.32 Å². The van der Waals surface area contributed by atoms with Gasteiger partial charge in [0.15, 0.2) is 0 Å². The fraction of sp³-hybridized carbons (Fsp3) is 0.500. The van der Waals surface area contributed by atoms with Gasteiger partial charge < -0.3 is 9.88 Å². The van der Waals surface area contributed by atoms with E-state index in [1.54, 1.807) is 0 Å². The van der Waals surface area contributed by atoms with Crippen LogP contribution in [-0.2, 0) is 13.5 Å². The van der Waals surface area contributed by atoms with Gasteiger partial charge in [0.1, 0.15) is 5.82 Å². The molecule has 3 rings (SSSR count). The predicted octanol–water partition coefficient (Wildman–Crippen LogP) is 2.12. The number of fused-ring (bicyclic) bond motifs is 1. The molecule has 0 amide bonds. The molecule has 2 heterocycles. The Labute approximate surface area is 102 Å². The van der Waals surface area contributed by atoms with E-state index in [1.807, 2.05) is 0 Å². The first kappa shape index (κ1) is 10.8. The molecule has 0 radical (unpaired) electrons. The molecule has 1 fully saturated rings. The third kappa shape index (κ3) is 2.07. The van der Waals surface area contributed by atoms with Gasteiger partial charge in [0.25, 0.3) is 0 Å². The topological polar surface area (TPSA) is 29.9 Å². The van der Waals surface area contributed by atoms with Gasteiger partial charge in [0.2, 0.25) is 0 Å². The average molecular weight is 229 g/mol. The number of para-hydroxylation sites is 2. The van der Waals surface area contributed by atoms with Crippen molar-refractivity contribution in [2.24, 2.45) is 13.0 Å². The summed E-state index contributed by atoms with van der Waals surface area (Å²) in [5, 5.41) is 3.47. The van der Waals surface area contributed by atoms with Gasteiger partial charge in [-0.3, -0.25) is 0 Å². The number of nitrogens with one attached hydrogen (secondary N) is 1. The van der Waals surface area contributed by atoms with Crippen molar-refractivity contribution >= 4 is 11.0 Å². The maximum absolute atomic E-state index is 4.74. The van der Waals surface area contributed by atoms with Gasteiger partial charge in [-0.1, -0.05) is 12.1 Å². The third-order valence-corrected chi connectivity index (χ3v) is 3.75. The molecule has 2 aromatic rings. The summed E-state index contributed by atoms with van der Waals surface area (Å²) in [5.74, 6) is 1.97. The Morgan fingerprint density at radius 1 is 1.41 bits per heavy atom. The molecular formula is C14H19N3. The van der Waals surface area contributed by atoms with Crippen LogP contribution in [0, 0.1) is 5.92 Å². The fourth-order valence-corrected chi connectivity index (χ4v) is 2.73. The first-order valence-electron chi connectivity index (χ1n) is 6.45. The largest absolute Gasteiger partial charge is 0.331 e. The summed E-state index contributed by atoms with van der Waals surface area (Å²) in [4.78, 5) is 4.74. The monoisotopic (exact) mass is 229 g/mol. The highest BCUT2D eigenvalue weighted by molar-refractivity contribution is 5.75. The second kappa shape index (κ2) is 4.49. The number of imidazole rings is 1. The molecule has 90 valence electrons. The summed E-state index contributed by atoms with van der Waals surface area (Å²) in [5.41, 5.74) is 2.36. The number of nitrogens with zero attached hydrogens (tertiary/aromatic N) is 2. The third-order valence-electron chi connectivity index (χ3n) is 3.75. The molecule has 1 N–H and O–H groups in total. The highest BCUT2D eigenvalue weighted by atomic mass is 15.1. The second-order valence-corrected chi connectivity index (χ2v) is 4.99. The number of hydrogen-bond acceptors (Lipinski definition) is 2. The van der Waals surface area contributed by atoms with Gasteiger partial charge in [-0.15, -0.1) is 0 Å². The Morgan fingerprint density at radius 3 is 3.06 bits per heavy atom. The zero-order chi connectivity index (χ0) is 11.7. The van der Waals surface area contributed by atoms with Crippen molar-refractivity contribution in [3.05, 3.63) is 30.1 Å². The molecule has 1 saturated heterocycles. The fourth-order valence-electron chi connectivity index (χ4n) is 2.73. The molecule has 17 heavy (non-hydrogen) atoms. The number of piperidine rings is 1. The van der Waals surface area contributed by atoms with Gasteiger partial charge in [0.05, 0.1) is 11.0 Å². The minimum atomic E-state index is 0.749. The van der Waals surface area contributed by atoms with Crippen molar-refractivity contribution in [3.63, 3.8) is 0 Å². The lowest BCUT2D eigenvalue weighted by atomic mass is 9.96. The van der Waals surface area contributed by atoms with Crippen molar-refractivity contribution in [1.29, 1.82) is 0 Å². The number of aromatic nitrogens is 2. The molecule has 1 aromatic heterocycles. The first-order chi connectivity index (χ1) is 8.34. The van der Waals surface area contributed by atoms with Gasteiger partial charge >= 0.3 is 0 Å². The molecule has 0 saturated carbocycles. The Hall–Kier alpha value is -1.35. The van der Waals surface area contributed by atoms with E-state index in [9.17, 15) is 0 Å². The van der Waals surface area contributed by atoms with Gasteiger partial charge in [-0.25, -0.2) is 4.98 Å². The van der Waals surface area contributed by atoms with Crippen LogP contribution in [-0.4, -0.2) is 22.6 Å². The van der Waals surface area contributed by atoms with E-state index in [-0.39, 0.29) is 0 Å². The highest BCUT2D eigenvalue weighted by Crippen LogP contribution is 2.19. The highest BCUT2D eigenvalue weighted by Gasteiger charge is 2.16. The molecule has 1 unspecified atom stereocenters. The minimum absolute atomic E-state index is 0.749. The standard InChI is InChI=1S/C14H19N3/c1-17-13-7-3-2-6-12(13)16-14(17)9-11-5-4-8-15-10-11/h2-3,6-7,11,15H,4-5,8-10H2,1H3. The van der Waals surface area contributed by atoms with Crippen LogP contribution in [0.2, 0.25) is 0 Å². The number of benzene rings is 1. The van der Waals surface area contributed by atoms with E-state index in [4.69, 9.17) is 4.98 Å². The maximum Gasteiger partial charge on any atom is 0.109 e. The Kier molecular flexibility index (Phi) is 2.85. The number of aryl methyl sites for hydroxylation is 1. The van der Waals surface area contributed by atoms with Crippen molar-refractivity contribution in [2.75, 3.05) is 13.1 Å². The van der Waals surface area contributed by atoms with Crippen molar-refractivity contribution in [3.8, 4) is 0 Å². The quantitative estimate of drug-likeness (QED) is 0.855. The van der Waals surface area contributed by atoms with Crippen LogP contribution in [0.1, 0.15) is 18.7 Å². The van der Waals surface area contributed by atoms with E-state index in [1.165, 1.54) is 30.7 Å². The SMILES string of the molecule is Cn1c(CC2CCCNC2)nc2ccccc21. The lowest BCUT2D eigenvalue weighted by Crippen LogP contribution is -2.31. The molecule has 3 heteroatoms. The molecular weight excluding hydrogens is 210 g/mol. The first-order valence-corrected chi connectivity index (χ1v) is 6.45. The zero-order valence-electron chi connectivity index (χ0n) is 10.3. The van der Waals surface area contributed by atoms with Crippen molar-refractivity contribution < 1.29 is 0 Å². The van der Waals surface area contributed by atoms with Crippen LogP contribution in [0.5, 0.6) is 0 Å². The Bertz CT molecular complexity index is 509. The van der Waals surface area contributed by atoms with Crippen LogP contribution in [0.4, 0.5) is 0 Å². The van der Waals surface area contributed by atoms with Crippen LogP contribution >= 0.6 is 0 Å². The van der Waals surface area contributed by atoms with E-state index in [0.29, 0.717) is 0 Å². The molecule has 1 aromatic carbocycles. The summed E-state index contributed by atoms with van der Waals surface area (Å²) in [7, 11) is 2.13. The normalized spacial score (nSPS) is 20.9.